The first kappa shape index (κ1) is 11.7. The quantitative estimate of drug-likeness (QED) is 0.880. The van der Waals surface area contributed by atoms with Gasteiger partial charge in [-0.25, -0.2) is 0 Å². The number of benzene rings is 1. The summed E-state index contributed by atoms with van der Waals surface area (Å²) < 4.78 is 5.12. The zero-order valence-electron chi connectivity index (χ0n) is 9.88. The molecule has 1 aromatic rings. The van der Waals surface area contributed by atoms with E-state index in [4.69, 9.17) is 16.3 Å². The van der Waals surface area contributed by atoms with Crippen molar-refractivity contribution < 1.29 is 9.84 Å². The molecule has 1 aromatic carbocycles. The van der Waals surface area contributed by atoms with Crippen LogP contribution in [0.15, 0.2) is 18.2 Å². The third kappa shape index (κ3) is 1.52. The van der Waals surface area contributed by atoms with Gasteiger partial charge in [-0.05, 0) is 29.5 Å². The monoisotopic (exact) mass is 240 g/mol. The third-order valence-corrected chi connectivity index (χ3v) is 4.19. The first-order valence-corrected chi connectivity index (χ1v) is 5.79. The molecule has 0 heterocycles. The van der Waals surface area contributed by atoms with E-state index in [2.05, 4.69) is 13.8 Å². The summed E-state index contributed by atoms with van der Waals surface area (Å²) in [5, 5.41) is 10.3. The van der Waals surface area contributed by atoms with Crippen molar-refractivity contribution in [2.45, 2.75) is 25.7 Å². The zero-order valence-corrected chi connectivity index (χ0v) is 10.6. The Labute approximate surface area is 101 Å². The molecular weight excluding hydrogens is 224 g/mol. The van der Waals surface area contributed by atoms with E-state index in [0.29, 0.717) is 5.02 Å². The van der Waals surface area contributed by atoms with Crippen LogP contribution in [0.1, 0.15) is 25.8 Å². The first-order chi connectivity index (χ1) is 7.47. The van der Waals surface area contributed by atoms with Crippen molar-refractivity contribution in [3.8, 4) is 5.75 Å². The summed E-state index contributed by atoms with van der Waals surface area (Å²) in [6, 6.07) is 5.67. The lowest BCUT2D eigenvalue weighted by Gasteiger charge is -2.20. The first-order valence-electron chi connectivity index (χ1n) is 5.42. The van der Waals surface area contributed by atoms with Gasteiger partial charge >= 0.3 is 0 Å². The molecule has 3 heteroatoms. The van der Waals surface area contributed by atoms with Crippen LogP contribution in [0.4, 0.5) is 0 Å². The Morgan fingerprint density at radius 3 is 2.44 bits per heavy atom. The fourth-order valence-electron chi connectivity index (χ4n) is 2.54. The van der Waals surface area contributed by atoms with Gasteiger partial charge in [-0.1, -0.05) is 31.5 Å². The smallest absolute Gasteiger partial charge is 0.120 e. The van der Waals surface area contributed by atoms with Crippen LogP contribution in [0.3, 0.4) is 0 Å². The molecule has 2 nitrogen and oxygen atoms in total. The summed E-state index contributed by atoms with van der Waals surface area (Å²) in [7, 11) is 1.62. The highest BCUT2D eigenvalue weighted by Gasteiger charge is 2.62. The predicted octanol–water partition coefficient (Wildman–Crippen LogP) is 3.01. The highest BCUT2D eigenvalue weighted by Crippen LogP contribution is 2.65. The molecule has 1 fully saturated rings. The number of hydrogen-bond donors (Lipinski definition) is 1. The zero-order chi connectivity index (χ0) is 12.0. The van der Waals surface area contributed by atoms with Gasteiger partial charge in [0.05, 0.1) is 13.7 Å². The van der Waals surface area contributed by atoms with Gasteiger partial charge in [0, 0.05) is 10.4 Å². The fourth-order valence-corrected chi connectivity index (χ4v) is 2.89. The summed E-state index contributed by atoms with van der Waals surface area (Å²) >= 11 is 6.25. The largest absolute Gasteiger partial charge is 0.497 e. The SMILES string of the molecule is COc1ccc(C2(CO)CC2(C)C)c(Cl)c1. The molecule has 2 rings (SSSR count). The number of rotatable bonds is 3. The van der Waals surface area contributed by atoms with Crippen molar-refractivity contribution in [3.05, 3.63) is 28.8 Å². The van der Waals surface area contributed by atoms with E-state index >= 15 is 0 Å². The molecule has 0 radical (unpaired) electrons. The van der Waals surface area contributed by atoms with Crippen LogP contribution < -0.4 is 4.74 Å². The van der Waals surface area contributed by atoms with Gasteiger partial charge in [0.2, 0.25) is 0 Å². The van der Waals surface area contributed by atoms with Crippen LogP contribution in [-0.2, 0) is 5.41 Å². The molecule has 0 saturated heterocycles. The molecule has 1 N–H and O–H groups in total. The Bertz CT molecular complexity index is 414. The lowest BCUT2D eigenvalue weighted by atomic mass is 9.88. The lowest BCUT2D eigenvalue weighted by Crippen LogP contribution is -2.19. The van der Waals surface area contributed by atoms with Crippen LogP contribution in [-0.4, -0.2) is 18.8 Å². The normalized spacial score (nSPS) is 26.6. The van der Waals surface area contributed by atoms with Gasteiger partial charge in [0.25, 0.3) is 0 Å². The minimum absolute atomic E-state index is 0.125. The number of hydrogen-bond acceptors (Lipinski definition) is 2. The second-order valence-corrected chi connectivity index (χ2v) is 5.55. The molecule has 1 aliphatic rings. The maximum absolute atomic E-state index is 9.61. The summed E-state index contributed by atoms with van der Waals surface area (Å²) in [6.07, 6.45) is 0.975. The summed E-state index contributed by atoms with van der Waals surface area (Å²) in [6.45, 7) is 4.46. The highest BCUT2D eigenvalue weighted by atomic mass is 35.5. The van der Waals surface area contributed by atoms with E-state index in [9.17, 15) is 5.11 Å². The van der Waals surface area contributed by atoms with Crippen LogP contribution in [0.5, 0.6) is 5.75 Å². The number of halogens is 1. The molecule has 0 aliphatic heterocycles. The number of aliphatic hydroxyl groups is 1. The number of methoxy groups -OCH3 is 1. The summed E-state index contributed by atoms with van der Waals surface area (Å²) in [4.78, 5) is 0. The van der Waals surface area contributed by atoms with Crippen molar-refractivity contribution in [2.75, 3.05) is 13.7 Å². The van der Waals surface area contributed by atoms with E-state index in [1.807, 2.05) is 18.2 Å². The Morgan fingerprint density at radius 2 is 2.06 bits per heavy atom. The van der Waals surface area contributed by atoms with Gasteiger partial charge in [-0.3, -0.25) is 0 Å². The second kappa shape index (κ2) is 3.64. The Morgan fingerprint density at radius 1 is 1.44 bits per heavy atom. The minimum atomic E-state index is -0.170. The van der Waals surface area contributed by atoms with Gasteiger partial charge in [-0.15, -0.1) is 0 Å². The molecule has 0 spiro atoms. The van der Waals surface area contributed by atoms with Gasteiger partial charge < -0.3 is 9.84 Å². The van der Waals surface area contributed by atoms with E-state index in [1.165, 1.54) is 0 Å². The lowest BCUT2D eigenvalue weighted by molar-refractivity contribution is 0.231. The van der Waals surface area contributed by atoms with Crippen LogP contribution >= 0.6 is 11.6 Å². The summed E-state index contributed by atoms with van der Waals surface area (Å²) in [5.74, 6) is 0.750. The maximum Gasteiger partial charge on any atom is 0.120 e. The molecular formula is C13H17ClO2. The third-order valence-electron chi connectivity index (χ3n) is 3.88. The van der Waals surface area contributed by atoms with Crippen LogP contribution in [0, 0.1) is 5.41 Å². The predicted molar refractivity (Wildman–Crippen MR) is 65.2 cm³/mol. The van der Waals surface area contributed by atoms with Crippen molar-refractivity contribution in [1.82, 2.24) is 0 Å². The van der Waals surface area contributed by atoms with Gasteiger partial charge in [0.15, 0.2) is 0 Å². The average molecular weight is 241 g/mol. The van der Waals surface area contributed by atoms with Crippen LogP contribution in [0.2, 0.25) is 5.02 Å². The average Bonchev–Trinajstić information content (AvgIpc) is 2.81. The Hall–Kier alpha value is -0.730. The van der Waals surface area contributed by atoms with Crippen molar-refractivity contribution in [1.29, 1.82) is 0 Å². The second-order valence-electron chi connectivity index (χ2n) is 5.15. The molecule has 1 unspecified atom stereocenters. The topological polar surface area (TPSA) is 29.5 Å². The summed E-state index contributed by atoms with van der Waals surface area (Å²) in [5.41, 5.74) is 0.985. The number of aliphatic hydroxyl groups excluding tert-OH is 1. The molecule has 1 atom stereocenters. The standard InChI is InChI=1S/C13H17ClO2/c1-12(2)7-13(12,8-15)10-5-4-9(16-3)6-11(10)14/h4-6,15H,7-8H2,1-3H3. The molecule has 1 saturated carbocycles. The van der Waals surface area contributed by atoms with Crippen molar-refractivity contribution in [3.63, 3.8) is 0 Å². The molecule has 1 aliphatic carbocycles. The van der Waals surface area contributed by atoms with E-state index in [0.717, 1.165) is 17.7 Å². The molecule has 16 heavy (non-hydrogen) atoms. The fraction of sp³-hybridized carbons (Fsp3) is 0.538. The Kier molecular flexibility index (Phi) is 2.67. The van der Waals surface area contributed by atoms with E-state index in [1.54, 1.807) is 7.11 Å². The van der Waals surface area contributed by atoms with E-state index in [-0.39, 0.29) is 17.4 Å². The number of ether oxygens (including phenoxy) is 1. The molecule has 88 valence electrons. The minimum Gasteiger partial charge on any atom is -0.497 e. The highest BCUT2D eigenvalue weighted by molar-refractivity contribution is 6.31. The van der Waals surface area contributed by atoms with Gasteiger partial charge in [-0.2, -0.15) is 0 Å². The maximum atomic E-state index is 9.61. The Balaban J connectivity index is 2.42. The van der Waals surface area contributed by atoms with E-state index < -0.39 is 0 Å². The molecule has 0 aromatic heterocycles. The van der Waals surface area contributed by atoms with Crippen molar-refractivity contribution >= 4 is 11.6 Å². The van der Waals surface area contributed by atoms with Crippen LogP contribution in [0.25, 0.3) is 0 Å². The molecule has 0 amide bonds. The van der Waals surface area contributed by atoms with Gasteiger partial charge in [0.1, 0.15) is 5.75 Å². The van der Waals surface area contributed by atoms with Crippen molar-refractivity contribution in [2.24, 2.45) is 5.41 Å². The molecule has 0 bridgehead atoms.